The number of hydrogen-bond donors (Lipinski definition) is 2. The molecule has 2 atom stereocenters. The zero-order valence-electron chi connectivity index (χ0n) is 9.72. The lowest BCUT2D eigenvalue weighted by atomic mass is 9.98. The van der Waals surface area contributed by atoms with Crippen molar-refractivity contribution in [3.8, 4) is 5.75 Å². The first kappa shape index (κ1) is 14.4. The number of carbonyl (C=O) groups is 1. The summed E-state index contributed by atoms with van der Waals surface area (Å²) in [4.78, 5) is 10.6. The smallest absolute Gasteiger partial charge is 0.387 e. The quantitative estimate of drug-likeness (QED) is 0.824. The van der Waals surface area contributed by atoms with E-state index in [1.807, 2.05) is 0 Å². The second-order valence-corrected chi connectivity index (χ2v) is 3.94. The molecule has 0 saturated carbocycles. The first-order valence-corrected chi connectivity index (χ1v) is 5.35. The normalized spacial score (nSPS) is 14.3. The SMILES string of the molecule is CC(CC(O)c1ccc(OC(F)F)cc1)C(=O)O. The molecule has 1 rings (SSSR count). The Balaban J connectivity index is 2.64. The van der Waals surface area contributed by atoms with Crippen molar-refractivity contribution in [2.75, 3.05) is 0 Å². The lowest BCUT2D eigenvalue weighted by molar-refractivity contribution is -0.142. The van der Waals surface area contributed by atoms with Crippen LogP contribution in [0.4, 0.5) is 8.78 Å². The van der Waals surface area contributed by atoms with Crippen LogP contribution in [0.3, 0.4) is 0 Å². The average molecular weight is 260 g/mol. The fourth-order valence-corrected chi connectivity index (χ4v) is 1.44. The van der Waals surface area contributed by atoms with Gasteiger partial charge in [-0.05, 0) is 24.1 Å². The molecule has 2 unspecified atom stereocenters. The predicted molar refractivity (Wildman–Crippen MR) is 59.5 cm³/mol. The Kier molecular flexibility index (Phi) is 5.03. The summed E-state index contributed by atoms with van der Waals surface area (Å²) in [6, 6.07) is 5.46. The third kappa shape index (κ3) is 4.29. The van der Waals surface area contributed by atoms with E-state index in [0.717, 1.165) is 0 Å². The standard InChI is InChI=1S/C12H14F2O4/c1-7(11(16)17)6-10(15)8-2-4-9(5-3-8)18-12(13)14/h2-5,7,10,12,15H,6H2,1H3,(H,16,17). The molecule has 0 fully saturated rings. The molecule has 0 heterocycles. The van der Waals surface area contributed by atoms with Gasteiger partial charge in [-0.1, -0.05) is 19.1 Å². The van der Waals surface area contributed by atoms with E-state index in [1.165, 1.54) is 31.2 Å². The van der Waals surface area contributed by atoms with E-state index in [-0.39, 0.29) is 12.2 Å². The number of ether oxygens (including phenoxy) is 1. The molecule has 0 aliphatic carbocycles. The molecule has 2 N–H and O–H groups in total. The maximum atomic E-state index is 11.9. The van der Waals surface area contributed by atoms with Crippen LogP contribution in [0, 0.1) is 5.92 Å². The molecule has 18 heavy (non-hydrogen) atoms. The van der Waals surface area contributed by atoms with Crippen molar-refractivity contribution in [1.29, 1.82) is 0 Å². The lowest BCUT2D eigenvalue weighted by Crippen LogP contribution is -2.13. The van der Waals surface area contributed by atoms with Crippen LogP contribution in [0.2, 0.25) is 0 Å². The first-order valence-electron chi connectivity index (χ1n) is 5.35. The van der Waals surface area contributed by atoms with E-state index in [0.29, 0.717) is 5.56 Å². The van der Waals surface area contributed by atoms with Crippen molar-refractivity contribution in [3.05, 3.63) is 29.8 Å². The van der Waals surface area contributed by atoms with Crippen LogP contribution in [-0.4, -0.2) is 22.8 Å². The summed E-state index contributed by atoms with van der Waals surface area (Å²) >= 11 is 0. The highest BCUT2D eigenvalue weighted by molar-refractivity contribution is 5.69. The average Bonchev–Trinajstić information content (AvgIpc) is 2.28. The van der Waals surface area contributed by atoms with Gasteiger partial charge in [0.05, 0.1) is 12.0 Å². The lowest BCUT2D eigenvalue weighted by Gasteiger charge is -2.14. The minimum Gasteiger partial charge on any atom is -0.481 e. The van der Waals surface area contributed by atoms with E-state index < -0.39 is 24.6 Å². The highest BCUT2D eigenvalue weighted by atomic mass is 19.3. The molecule has 0 aliphatic heterocycles. The van der Waals surface area contributed by atoms with Gasteiger partial charge >= 0.3 is 12.6 Å². The number of aliphatic hydroxyl groups is 1. The van der Waals surface area contributed by atoms with E-state index >= 15 is 0 Å². The van der Waals surface area contributed by atoms with Gasteiger partial charge in [0.1, 0.15) is 5.75 Å². The van der Waals surface area contributed by atoms with Gasteiger partial charge in [-0.15, -0.1) is 0 Å². The van der Waals surface area contributed by atoms with E-state index in [1.54, 1.807) is 0 Å². The maximum absolute atomic E-state index is 11.9. The van der Waals surface area contributed by atoms with Crippen LogP contribution in [-0.2, 0) is 4.79 Å². The Hall–Kier alpha value is -1.69. The van der Waals surface area contributed by atoms with Crippen LogP contribution in [0.5, 0.6) is 5.75 Å². The summed E-state index contributed by atoms with van der Waals surface area (Å²) in [5.41, 5.74) is 0.463. The van der Waals surface area contributed by atoms with Gasteiger partial charge in [0.2, 0.25) is 0 Å². The van der Waals surface area contributed by atoms with Gasteiger partial charge in [0.25, 0.3) is 0 Å². The fourth-order valence-electron chi connectivity index (χ4n) is 1.44. The van der Waals surface area contributed by atoms with Crippen molar-refractivity contribution in [2.45, 2.75) is 26.1 Å². The summed E-state index contributed by atoms with van der Waals surface area (Å²) in [6.07, 6.45) is -0.888. The molecule has 0 bridgehead atoms. The fraction of sp³-hybridized carbons (Fsp3) is 0.417. The van der Waals surface area contributed by atoms with Gasteiger partial charge in [-0.2, -0.15) is 8.78 Å². The van der Waals surface area contributed by atoms with Crippen molar-refractivity contribution in [1.82, 2.24) is 0 Å². The Labute approximate surface area is 103 Å². The van der Waals surface area contributed by atoms with Crippen molar-refractivity contribution in [3.63, 3.8) is 0 Å². The number of rotatable bonds is 6. The van der Waals surface area contributed by atoms with Crippen molar-refractivity contribution < 1.29 is 28.5 Å². The highest BCUT2D eigenvalue weighted by Crippen LogP contribution is 2.24. The summed E-state index contributed by atoms with van der Waals surface area (Å²) in [5.74, 6) is -1.68. The second kappa shape index (κ2) is 6.30. The van der Waals surface area contributed by atoms with Gasteiger partial charge in [-0.25, -0.2) is 0 Å². The molecule has 0 aliphatic rings. The zero-order chi connectivity index (χ0) is 13.7. The summed E-state index contributed by atoms with van der Waals surface area (Å²) in [6.45, 7) is -1.41. The zero-order valence-corrected chi connectivity index (χ0v) is 9.72. The molecule has 0 amide bonds. The van der Waals surface area contributed by atoms with Gasteiger partial charge in [0.15, 0.2) is 0 Å². The van der Waals surface area contributed by atoms with Crippen molar-refractivity contribution >= 4 is 5.97 Å². The molecule has 1 aromatic rings. The van der Waals surface area contributed by atoms with Gasteiger partial charge in [-0.3, -0.25) is 4.79 Å². The molecular weight excluding hydrogens is 246 g/mol. The number of halogens is 2. The maximum Gasteiger partial charge on any atom is 0.387 e. The van der Waals surface area contributed by atoms with E-state index in [2.05, 4.69) is 4.74 Å². The summed E-state index contributed by atoms with van der Waals surface area (Å²) in [7, 11) is 0. The molecule has 4 nitrogen and oxygen atoms in total. The Morgan fingerprint density at radius 3 is 2.33 bits per heavy atom. The molecule has 0 spiro atoms. The number of aliphatic hydroxyl groups excluding tert-OH is 1. The number of alkyl halides is 2. The monoisotopic (exact) mass is 260 g/mol. The number of carboxylic acid groups (broad SMARTS) is 1. The molecule has 0 saturated heterocycles. The molecule has 0 aromatic heterocycles. The van der Waals surface area contributed by atoms with Crippen LogP contribution in [0.25, 0.3) is 0 Å². The van der Waals surface area contributed by atoms with Crippen molar-refractivity contribution in [2.24, 2.45) is 5.92 Å². The van der Waals surface area contributed by atoms with Crippen LogP contribution < -0.4 is 4.74 Å². The third-order valence-corrected chi connectivity index (χ3v) is 2.49. The Bertz CT molecular complexity index is 392. The molecule has 0 radical (unpaired) electrons. The molecular formula is C12H14F2O4. The number of benzene rings is 1. The van der Waals surface area contributed by atoms with Crippen LogP contribution >= 0.6 is 0 Å². The van der Waals surface area contributed by atoms with E-state index in [9.17, 15) is 18.7 Å². The third-order valence-electron chi connectivity index (χ3n) is 2.49. The van der Waals surface area contributed by atoms with Gasteiger partial charge in [0, 0.05) is 0 Å². The number of carboxylic acids is 1. The van der Waals surface area contributed by atoms with Crippen LogP contribution in [0.1, 0.15) is 25.0 Å². The largest absolute Gasteiger partial charge is 0.481 e. The Morgan fingerprint density at radius 2 is 1.89 bits per heavy atom. The molecule has 6 heteroatoms. The van der Waals surface area contributed by atoms with E-state index in [4.69, 9.17) is 5.11 Å². The minimum absolute atomic E-state index is 0.00719. The van der Waals surface area contributed by atoms with Crippen LogP contribution in [0.15, 0.2) is 24.3 Å². The predicted octanol–water partition coefficient (Wildman–Crippen LogP) is 2.43. The Morgan fingerprint density at radius 1 is 1.33 bits per heavy atom. The molecule has 100 valence electrons. The number of hydrogen-bond acceptors (Lipinski definition) is 3. The van der Waals surface area contributed by atoms with Gasteiger partial charge < -0.3 is 14.9 Å². The summed E-state index contributed by atoms with van der Waals surface area (Å²) < 4.78 is 28.0. The first-order chi connectivity index (χ1) is 8.40. The highest BCUT2D eigenvalue weighted by Gasteiger charge is 2.17. The second-order valence-electron chi connectivity index (χ2n) is 3.94. The number of aliphatic carboxylic acids is 1. The topological polar surface area (TPSA) is 66.8 Å². The molecule has 1 aromatic carbocycles. The minimum atomic E-state index is -2.90. The summed E-state index contributed by atoms with van der Waals surface area (Å²) in [5, 5.41) is 18.5.